The van der Waals surface area contributed by atoms with Gasteiger partial charge < -0.3 is 20.3 Å². The summed E-state index contributed by atoms with van der Waals surface area (Å²) in [6, 6.07) is 0.513. The van der Waals surface area contributed by atoms with Crippen LogP contribution in [0.2, 0.25) is 5.02 Å². The molecule has 2 aliphatic carbocycles. The van der Waals surface area contributed by atoms with Crippen LogP contribution in [0.4, 0.5) is 14.5 Å². The van der Waals surface area contributed by atoms with E-state index in [1.165, 1.54) is 10.8 Å². The number of halogens is 3. The Kier molecular flexibility index (Phi) is 3.62. The van der Waals surface area contributed by atoms with E-state index < -0.39 is 24.0 Å². The standard InChI is InChI=1S/C19H19ClF2N4O2/c20-14-16-8(15(24)9(18(27)28)5-26(16)12-4-10(12)21)3-11(22)17(14)25-6-13(23)19(7-25)1-2-19/h3,5,10,12-13,24H,1-2,4,6-7,23H2,(H,27,28)/t10-,12+,13+/m0/s1. The zero-order valence-electron chi connectivity index (χ0n) is 14.9. The molecule has 2 saturated carbocycles. The van der Waals surface area contributed by atoms with Crippen LogP contribution in [0.3, 0.4) is 0 Å². The third kappa shape index (κ3) is 2.40. The maximum absolute atomic E-state index is 15.1. The number of carboxylic acid groups (broad SMARTS) is 1. The van der Waals surface area contributed by atoms with Crippen molar-refractivity contribution in [1.82, 2.24) is 4.57 Å². The van der Waals surface area contributed by atoms with Gasteiger partial charge in [0.1, 0.15) is 17.6 Å². The van der Waals surface area contributed by atoms with E-state index in [0.29, 0.717) is 18.6 Å². The maximum atomic E-state index is 15.1. The van der Waals surface area contributed by atoms with E-state index in [1.54, 1.807) is 0 Å². The molecule has 1 saturated heterocycles. The van der Waals surface area contributed by atoms with E-state index in [9.17, 15) is 14.3 Å². The molecule has 1 aliphatic heterocycles. The number of pyridine rings is 1. The van der Waals surface area contributed by atoms with E-state index in [4.69, 9.17) is 22.7 Å². The topological polar surface area (TPSA) is 95.3 Å². The predicted molar refractivity (Wildman–Crippen MR) is 100 cm³/mol. The zero-order valence-corrected chi connectivity index (χ0v) is 15.6. The number of aromatic carboxylic acids is 1. The van der Waals surface area contributed by atoms with Crippen LogP contribution in [0, 0.1) is 16.6 Å². The van der Waals surface area contributed by atoms with Crippen LogP contribution in [0.5, 0.6) is 0 Å². The van der Waals surface area contributed by atoms with Crippen LogP contribution in [-0.4, -0.2) is 40.9 Å². The van der Waals surface area contributed by atoms with Crippen molar-refractivity contribution in [2.45, 2.75) is 37.5 Å². The molecular formula is C19H19ClF2N4O2. The van der Waals surface area contributed by atoms with E-state index in [2.05, 4.69) is 0 Å². The van der Waals surface area contributed by atoms with Gasteiger partial charge in [0.05, 0.1) is 27.6 Å². The Morgan fingerprint density at radius 2 is 2.11 bits per heavy atom. The van der Waals surface area contributed by atoms with Gasteiger partial charge in [-0.2, -0.15) is 0 Å². The summed E-state index contributed by atoms with van der Waals surface area (Å²) in [5.41, 5.74) is 6.43. The quantitative estimate of drug-likeness (QED) is 0.727. The number of carbonyl (C=O) groups is 1. The van der Waals surface area contributed by atoms with Gasteiger partial charge in [-0.05, 0) is 18.9 Å². The molecule has 3 aliphatic rings. The summed E-state index contributed by atoms with van der Waals surface area (Å²) in [5, 5.41) is 17.4. The lowest BCUT2D eigenvalue weighted by Gasteiger charge is -2.23. The molecule has 2 aromatic rings. The molecule has 3 fully saturated rings. The Hall–Kier alpha value is -2.19. The maximum Gasteiger partial charge on any atom is 0.339 e. The normalized spacial score (nSPS) is 27.6. The monoisotopic (exact) mass is 408 g/mol. The summed E-state index contributed by atoms with van der Waals surface area (Å²) in [5.74, 6) is -1.95. The van der Waals surface area contributed by atoms with Crippen molar-refractivity contribution >= 4 is 34.2 Å². The Bertz CT molecular complexity index is 1100. The van der Waals surface area contributed by atoms with Gasteiger partial charge in [-0.1, -0.05) is 11.6 Å². The first-order valence-electron chi connectivity index (χ1n) is 9.23. The number of anilines is 1. The minimum Gasteiger partial charge on any atom is -0.478 e. The summed E-state index contributed by atoms with van der Waals surface area (Å²) in [6.07, 6.45) is 2.36. The fourth-order valence-corrected chi connectivity index (χ4v) is 4.87. The van der Waals surface area contributed by atoms with Crippen LogP contribution in [-0.2, 0) is 0 Å². The average molecular weight is 409 g/mol. The molecular weight excluding hydrogens is 390 g/mol. The van der Waals surface area contributed by atoms with Gasteiger partial charge in [0.25, 0.3) is 0 Å². The molecule has 2 heterocycles. The average Bonchev–Trinajstić information content (AvgIpc) is 3.51. The molecule has 28 heavy (non-hydrogen) atoms. The highest BCUT2D eigenvalue weighted by Gasteiger charge is 2.54. The first kappa shape index (κ1) is 17.9. The summed E-state index contributed by atoms with van der Waals surface area (Å²) in [4.78, 5) is 13.4. The van der Waals surface area contributed by atoms with Crippen LogP contribution in [0.25, 0.3) is 10.9 Å². The highest BCUT2D eigenvalue weighted by Crippen LogP contribution is 2.54. The summed E-state index contributed by atoms with van der Waals surface area (Å²) < 4.78 is 30.4. The predicted octanol–water partition coefficient (Wildman–Crippen LogP) is 2.82. The molecule has 148 valence electrons. The number of nitrogens with zero attached hydrogens (tertiary/aromatic N) is 2. The number of fused-ring (bicyclic) bond motifs is 1. The summed E-state index contributed by atoms with van der Waals surface area (Å²) in [7, 11) is 0. The number of hydrogen-bond acceptors (Lipinski definition) is 4. The van der Waals surface area contributed by atoms with Crippen molar-refractivity contribution in [1.29, 1.82) is 5.41 Å². The zero-order chi connectivity index (χ0) is 20.0. The number of benzene rings is 1. The Morgan fingerprint density at radius 1 is 1.43 bits per heavy atom. The van der Waals surface area contributed by atoms with Gasteiger partial charge in [0.15, 0.2) is 0 Å². The van der Waals surface area contributed by atoms with Crippen molar-refractivity contribution in [2.24, 2.45) is 11.1 Å². The Labute approximate surface area is 164 Å². The van der Waals surface area contributed by atoms with Gasteiger partial charge in [-0.3, -0.25) is 5.41 Å². The lowest BCUT2D eigenvalue weighted by molar-refractivity contribution is 0.0694. The molecule has 0 radical (unpaired) electrons. The van der Waals surface area contributed by atoms with E-state index in [1.807, 2.05) is 4.90 Å². The highest BCUT2D eigenvalue weighted by atomic mass is 35.5. The molecule has 4 N–H and O–H groups in total. The SMILES string of the molecule is N=c1c(C(=O)O)cn([C@@H]2C[C@@H]2F)c2c(Cl)c(N3C[C@@H](N)C4(CC4)C3)c(F)cc12. The molecule has 0 unspecified atom stereocenters. The van der Waals surface area contributed by atoms with Gasteiger partial charge in [0, 0.05) is 42.6 Å². The molecule has 5 rings (SSSR count). The minimum absolute atomic E-state index is 0.00890. The molecule has 1 spiro atoms. The van der Waals surface area contributed by atoms with Crippen LogP contribution < -0.4 is 16.0 Å². The van der Waals surface area contributed by atoms with Crippen LogP contribution >= 0.6 is 11.6 Å². The fraction of sp³-hybridized carbons (Fsp3) is 0.474. The van der Waals surface area contributed by atoms with Gasteiger partial charge in [-0.25, -0.2) is 13.6 Å². The summed E-state index contributed by atoms with van der Waals surface area (Å²) in [6.45, 7) is 1.07. The highest BCUT2D eigenvalue weighted by molar-refractivity contribution is 6.38. The molecule has 0 bridgehead atoms. The number of hydrogen-bond donors (Lipinski definition) is 3. The number of rotatable bonds is 3. The van der Waals surface area contributed by atoms with Crippen molar-refractivity contribution in [3.63, 3.8) is 0 Å². The number of carboxylic acids is 1. The molecule has 1 aromatic heterocycles. The second kappa shape index (κ2) is 5.67. The van der Waals surface area contributed by atoms with Gasteiger partial charge in [-0.15, -0.1) is 0 Å². The third-order valence-electron chi connectivity index (χ3n) is 6.42. The third-order valence-corrected chi connectivity index (χ3v) is 6.78. The summed E-state index contributed by atoms with van der Waals surface area (Å²) >= 11 is 6.62. The largest absolute Gasteiger partial charge is 0.478 e. The van der Waals surface area contributed by atoms with Crippen molar-refractivity contribution in [3.8, 4) is 0 Å². The number of aromatic nitrogens is 1. The lowest BCUT2D eigenvalue weighted by Crippen LogP contribution is -2.30. The van der Waals surface area contributed by atoms with E-state index in [0.717, 1.165) is 18.9 Å². The first-order chi connectivity index (χ1) is 13.2. The molecule has 9 heteroatoms. The molecule has 0 amide bonds. The van der Waals surface area contributed by atoms with E-state index in [-0.39, 0.29) is 44.9 Å². The second-order valence-electron chi connectivity index (χ2n) is 8.22. The van der Waals surface area contributed by atoms with Crippen LogP contribution in [0.1, 0.15) is 35.7 Å². The fourth-order valence-electron chi connectivity index (χ4n) is 4.46. The smallest absolute Gasteiger partial charge is 0.339 e. The molecule has 3 atom stereocenters. The molecule has 6 nitrogen and oxygen atoms in total. The first-order valence-corrected chi connectivity index (χ1v) is 9.60. The van der Waals surface area contributed by atoms with Crippen LogP contribution in [0.15, 0.2) is 12.3 Å². The number of alkyl halides is 1. The lowest BCUT2D eigenvalue weighted by atomic mass is 10.0. The van der Waals surface area contributed by atoms with Crippen molar-refractivity contribution in [2.75, 3.05) is 18.0 Å². The number of nitrogens with two attached hydrogens (primary N) is 1. The minimum atomic E-state index is -1.32. The number of nitrogens with one attached hydrogen (secondary N) is 1. The van der Waals surface area contributed by atoms with Crippen molar-refractivity contribution in [3.05, 3.63) is 34.0 Å². The van der Waals surface area contributed by atoms with E-state index >= 15 is 4.39 Å². The second-order valence-corrected chi connectivity index (χ2v) is 8.59. The Balaban J connectivity index is 1.75. The van der Waals surface area contributed by atoms with Gasteiger partial charge in [0.2, 0.25) is 0 Å². The van der Waals surface area contributed by atoms with Gasteiger partial charge >= 0.3 is 5.97 Å². The molecule has 1 aromatic carbocycles. The Morgan fingerprint density at radius 3 is 2.64 bits per heavy atom. The van der Waals surface area contributed by atoms with Crippen molar-refractivity contribution < 1.29 is 18.7 Å².